The molecule has 0 atom stereocenters. The molecule has 64 valence electrons. The van der Waals surface area contributed by atoms with Gasteiger partial charge in [-0.1, -0.05) is 18.2 Å². The molecule has 2 nitrogen and oxygen atoms in total. The lowest BCUT2D eigenvalue weighted by Gasteiger charge is -2.03. The van der Waals surface area contributed by atoms with E-state index in [0.29, 0.717) is 0 Å². The normalized spacial score (nSPS) is 10.6. The van der Waals surface area contributed by atoms with E-state index in [4.69, 9.17) is 0 Å². The molecule has 2 heteroatoms. The number of benzene rings is 1. The van der Waals surface area contributed by atoms with Crippen molar-refractivity contribution in [2.24, 2.45) is 4.99 Å². The summed E-state index contributed by atoms with van der Waals surface area (Å²) in [5, 5.41) is 0. The summed E-state index contributed by atoms with van der Waals surface area (Å²) in [6, 6.07) is 8.08. The van der Waals surface area contributed by atoms with E-state index in [2.05, 4.69) is 18.0 Å². The molecule has 1 aromatic carbocycles. The predicted molar refractivity (Wildman–Crippen MR) is 53.0 cm³/mol. The van der Waals surface area contributed by atoms with Crippen molar-refractivity contribution in [2.45, 2.75) is 6.92 Å². The number of nitrogens with zero attached hydrogens (tertiary/aromatic N) is 2. The van der Waals surface area contributed by atoms with Crippen molar-refractivity contribution in [1.82, 2.24) is 4.90 Å². The van der Waals surface area contributed by atoms with Gasteiger partial charge in [-0.25, -0.2) is 4.99 Å². The fourth-order valence-corrected chi connectivity index (χ4v) is 0.886. The molecule has 0 aliphatic heterocycles. The highest BCUT2D eigenvalue weighted by atomic mass is 15.1. The topological polar surface area (TPSA) is 15.6 Å². The SMILES string of the molecule is Cc1ccccc1N=CN(C)C. The van der Waals surface area contributed by atoms with E-state index in [1.54, 1.807) is 0 Å². The zero-order valence-corrected chi connectivity index (χ0v) is 7.78. The largest absolute Gasteiger partial charge is 0.369 e. The highest BCUT2D eigenvalue weighted by molar-refractivity contribution is 5.62. The maximum atomic E-state index is 4.31. The molecule has 0 fully saturated rings. The molecule has 0 N–H and O–H groups in total. The molecule has 1 rings (SSSR count). The molecule has 0 bridgehead atoms. The van der Waals surface area contributed by atoms with Gasteiger partial charge >= 0.3 is 0 Å². The Kier molecular flexibility index (Phi) is 2.86. The summed E-state index contributed by atoms with van der Waals surface area (Å²) in [6.07, 6.45) is 1.81. The van der Waals surface area contributed by atoms with Crippen molar-refractivity contribution in [2.75, 3.05) is 14.1 Å². The van der Waals surface area contributed by atoms with Gasteiger partial charge in [0, 0.05) is 14.1 Å². The first kappa shape index (κ1) is 8.78. The fraction of sp³-hybridized carbons (Fsp3) is 0.300. The van der Waals surface area contributed by atoms with Gasteiger partial charge in [0.15, 0.2) is 0 Å². The van der Waals surface area contributed by atoms with Gasteiger partial charge in [-0.2, -0.15) is 0 Å². The van der Waals surface area contributed by atoms with Crippen LogP contribution >= 0.6 is 0 Å². The van der Waals surface area contributed by atoms with Gasteiger partial charge in [0.05, 0.1) is 12.0 Å². The van der Waals surface area contributed by atoms with Crippen LogP contribution in [0.15, 0.2) is 29.3 Å². The van der Waals surface area contributed by atoms with E-state index in [1.165, 1.54) is 5.56 Å². The molecule has 12 heavy (non-hydrogen) atoms. The molecular formula is C10H14N2. The summed E-state index contributed by atoms with van der Waals surface area (Å²) in [4.78, 5) is 6.23. The molecule has 0 saturated carbocycles. The molecule has 0 unspecified atom stereocenters. The van der Waals surface area contributed by atoms with Crippen LogP contribution in [0.4, 0.5) is 5.69 Å². The average molecular weight is 162 g/mol. The summed E-state index contributed by atoms with van der Waals surface area (Å²) in [6.45, 7) is 2.06. The van der Waals surface area contributed by atoms with Gasteiger partial charge in [0.1, 0.15) is 0 Å². The van der Waals surface area contributed by atoms with Crippen molar-refractivity contribution >= 4 is 12.0 Å². The first-order chi connectivity index (χ1) is 5.70. The van der Waals surface area contributed by atoms with Crippen LogP contribution in [-0.2, 0) is 0 Å². The second-order valence-electron chi connectivity index (χ2n) is 2.99. The molecule has 0 radical (unpaired) electrons. The summed E-state index contributed by atoms with van der Waals surface area (Å²) in [5.74, 6) is 0. The Morgan fingerprint density at radius 3 is 2.50 bits per heavy atom. The van der Waals surface area contributed by atoms with E-state index < -0.39 is 0 Å². The third-order valence-corrected chi connectivity index (χ3v) is 1.54. The maximum Gasteiger partial charge on any atom is 0.0907 e. The van der Waals surface area contributed by atoms with Gasteiger partial charge in [-0.3, -0.25) is 0 Å². The number of para-hydroxylation sites is 1. The lowest BCUT2D eigenvalue weighted by atomic mass is 10.2. The van der Waals surface area contributed by atoms with Crippen LogP contribution in [0.3, 0.4) is 0 Å². The second-order valence-corrected chi connectivity index (χ2v) is 2.99. The van der Waals surface area contributed by atoms with Crippen LogP contribution < -0.4 is 0 Å². The van der Waals surface area contributed by atoms with Crippen LogP contribution in [-0.4, -0.2) is 25.3 Å². The summed E-state index contributed by atoms with van der Waals surface area (Å²) < 4.78 is 0. The van der Waals surface area contributed by atoms with Crippen molar-refractivity contribution in [1.29, 1.82) is 0 Å². The van der Waals surface area contributed by atoms with Gasteiger partial charge in [0.25, 0.3) is 0 Å². The highest BCUT2D eigenvalue weighted by Crippen LogP contribution is 2.15. The van der Waals surface area contributed by atoms with E-state index in [1.807, 2.05) is 43.5 Å². The third kappa shape index (κ3) is 2.38. The monoisotopic (exact) mass is 162 g/mol. The fourth-order valence-electron chi connectivity index (χ4n) is 0.886. The van der Waals surface area contributed by atoms with Gasteiger partial charge in [-0.05, 0) is 18.6 Å². The van der Waals surface area contributed by atoms with Crippen LogP contribution in [0.5, 0.6) is 0 Å². The van der Waals surface area contributed by atoms with E-state index in [9.17, 15) is 0 Å². The standard InChI is InChI=1S/C10H14N2/c1-9-6-4-5-7-10(9)11-8-12(2)3/h4-8H,1-3H3. The van der Waals surface area contributed by atoms with Crippen LogP contribution in [0.25, 0.3) is 0 Å². The predicted octanol–water partition coefficient (Wildman–Crippen LogP) is 2.22. The minimum absolute atomic E-state index is 1.03. The van der Waals surface area contributed by atoms with Gasteiger partial charge < -0.3 is 4.90 Å². The Morgan fingerprint density at radius 2 is 1.92 bits per heavy atom. The van der Waals surface area contributed by atoms with Crippen LogP contribution in [0.1, 0.15) is 5.56 Å². The first-order valence-corrected chi connectivity index (χ1v) is 3.96. The molecule has 0 aromatic heterocycles. The quantitative estimate of drug-likeness (QED) is 0.481. The average Bonchev–Trinajstić information content (AvgIpc) is 2.03. The third-order valence-electron chi connectivity index (χ3n) is 1.54. The Morgan fingerprint density at radius 1 is 1.25 bits per heavy atom. The Bertz CT molecular complexity index is 277. The molecular weight excluding hydrogens is 148 g/mol. The number of aryl methyl sites for hydroxylation is 1. The lowest BCUT2D eigenvalue weighted by molar-refractivity contribution is 0.643. The minimum Gasteiger partial charge on any atom is -0.369 e. The zero-order valence-electron chi connectivity index (χ0n) is 7.78. The number of hydrogen-bond donors (Lipinski definition) is 0. The molecule has 1 aromatic rings. The van der Waals surface area contributed by atoms with E-state index >= 15 is 0 Å². The summed E-state index contributed by atoms with van der Waals surface area (Å²) in [7, 11) is 3.92. The smallest absolute Gasteiger partial charge is 0.0907 e. The van der Waals surface area contributed by atoms with Crippen molar-refractivity contribution in [3.05, 3.63) is 29.8 Å². The molecule has 0 heterocycles. The zero-order chi connectivity index (χ0) is 8.97. The van der Waals surface area contributed by atoms with E-state index in [0.717, 1.165) is 5.69 Å². The number of aliphatic imine (C=N–C) groups is 1. The maximum absolute atomic E-state index is 4.31. The molecule has 0 amide bonds. The molecule has 0 aliphatic rings. The van der Waals surface area contributed by atoms with Gasteiger partial charge in [-0.15, -0.1) is 0 Å². The molecule has 0 aliphatic carbocycles. The van der Waals surface area contributed by atoms with Crippen LogP contribution in [0.2, 0.25) is 0 Å². The summed E-state index contributed by atoms with van der Waals surface area (Å²) in [5.41, 5.74) is 2.24. The lowest BCUT2D eigenvalue weighted by Crippen LogP contribution is -2.07. The van der Waals surface area contributed by atoms with Crippen LogP contribution in [0, 0.1) is 6.92 Å². The minimum atomic E-state index is 1.03. The Hall–Kier alpha value is -1.31. The van der Waals surface area contributed by atoms with Crippen molar-refractivity contribution in [3.8, 4) is 0 Å². The Balaban J connectivity index is 2.82. The van der Waals surface area contributed by atoms with Crippen molar-refractivity contribution < 1.29 is 0 Å². The first-order valence-electron chi connectivity index (χ1n) is 3.96. The molecule has 0 spiro atoms. The summed E-state index contributed by atoms with van der Waals surface area (Å²) >= 11 is 0. The van der Waals surface area contributed by atoms with E-state index in [-0.39, 0.29) is 0 Å². The van der Waals surface area contributed by atoms with Crippen molar-refractivity contribution in [3.63, 3.8) is 0 Å². The molecule has 0 saturated heterocycles. The highest BCUT2D eigenvalue weighted by Gasteiger charge is 1.91. The number of rotatable bonds is 2. The van der Waals surface area contributed by atoms with Gasteiger partial charge in [0.2, 0.25) is 0 Å². The number of hydrogen-bond acceptors (Lipinski definition) is 1. The second kappa shape index (κ2) is 3.90. The Labute approximate surface area is 73.5 Å².